The van der Waals surface area contributed by atoms with Gasteiger partial charge in [-0.15, -0.1) is 0 Å². The van der Waals surface area contributed by atoms with Crippen LogP contribution in [0.15, 0.2) is 0 Å². The van der Waals surface area contributed by atoms with Crippen molar-refractivity contribution in [2.75, 3.05) is 6.61 Å². The number of nitrogens with one attached hydrogen (secondary N) is 1. The smallest absolute Gasteiger partial charge is 0.288 e. The Kier molecular flexibility index (Phi) is 1.89. The van der Waals surface area contributed by atoms with Crippen molar-refractivity contribution in [3.63, 3.8) is 0 Å². The van der Waals surface area contributed by atoms with Crippen LogP contribution in [-0.2, 0) is 0 Å². The largest absolute Gasteiger partial charge is 0.395 e. The molecule has 0 saturated carbocycles. The molecular weight excluding hydrogens is 144 g/mol. The van der Waals surface area contributed by atoms with Crippen molar-refractivity contribution in [1.29, 1.82) is 0 Å². The summed E-state index contributed by atoms with van der Waals surface area (Å²) in [5.41, 5.74) is 0. The second-order valence-electron chi connectivity index (χ2n) is 2.41. The van der Waals surface area contributed by atoms with E-state index in [9.17, 15) is 8.78 Å². The maximum Gasteiger partial charge on any atom is 0.288 e. The molecule has 0 aromatic rings. The van der Waals surface area contributed by atoms with Gasteiger partial charge < -0.3 is 10.2 Å². The Morgan fingerprint density at radius 3 is 2.40 bits per heavy atom. The number of aliphatic hydroxyl groups excluding tert-OH is 2. The molecular formula is C5H9F2NO2. The summed E-state index contributed by atoms with van der Waals surface area (Å²) in [5, 5.41) is 19.1. The monoisotopic (exact) mass is 153 g/mol. The highest BCUT2D eigenvalue weighted by atomic mass is 19.3. The van der Waals surface area contributed by atoms with Crippen LogP contribution in [0.4, 0.5) is 8.78 Å². The predicted molar refractivity (Wildman–Crippen MR) is 29.6 cm³/mol. The van der Waals surface area contributed by atoms with E-state index in [-0.39, 0.29) is 6.61 Å². The van der Waals surface area contributed by atoms with Crippen LogP contribution in [0.25, 0.3) is 0 Å². The molecule has 0 bridgehead atoms. The third-order valence-electron chi connectivity index (χ3n) is 1.53. The van der Waals surface area contributed by atoms with Crippen LogP contribution < -0.4 is 5.32 Å². The lowest BCUT2D eigenvalue weighted by atomic mass is 10.2. The molecule has 10 heavy (non-hydrogen) atoms. The molecule has 1 aliphatic rings. The van der Waals surface area contributed by atoms with Gasteiger partial charge in [0.2, 0.25) is 0 Å². The number of hydrogen-bond donors (Lipinski definition) is 3. The quantitative estimate of drug-likeness (QED) is 0.466. The predicted octanol–water partition coefficient (Wildman–Crippen LogP) is -0.706. The summed E-state index contributed by atoms with van der Waals surface area (Å²) in [6.07, 6.45) is -2.30. The minimum absolute atomic E-state index is 0.368. The molecule has 60 valence electrons. The van der Waals surface area contributed by atoms with Crippen molar-refractivity contribution in [2.45, 2.75) is 24.6 Å². The van der Waals surface area contributed by atoms with Gasteiger partial charge in [0.05, 0.1) is 6.61 Å². The van der Waals surface area contributed by atoms with Crippen LogP contribution in [0.1, 0.15) is 6.42 Å². The molecule has 1 heterocycles. The van der Waals surface area contributed by atoms with E-state index in [4.69, 9.17) is 10.2 Å². The summed E-state index contributed by atoms with van der Waals surface area (Å²) in [5.74, 6) is -3.09. The van der Waals surface area contributed by atoms with Gasteiger partial charge in [-0.2, -0.15) is 0 Å². The number of hydrogen-bond acceptors (Lipinski definition) is 3. The molecule has 0 radical (unpaired) electrons. The number of halogens is 2. The fourth-order valence-electron chi connectivity index (χ4n) is 0.962. The first-order chi connectivity index (χ1) is 4.56. The minimum Gasteiger partial charge on any atom is -0.395 e. The molecule has 3 N–H and O–H groups in total. The topological polar surface area (TPSA) is 52.5 Å². The first-order valence-electron chi connectivity index (χ1n) is 2.99. The Bertz CT molecular complexity index is 131. The lowest BCUT2D eigenvalue weighted by Gasteiger charge is -2.10. The normalized spacial score (nSPS) is 38.4. The van der Waals surface area contributed by atoms with E-state index in [1.54, 1.807) is 0 Å². The summed E-state index contributed by atoms with van der Waals surface area (Å²) in [4.78, 5) is 0. The minimum atomic E-state index is -3.09. The molecule has 1 saturated heterocycles. The van der Waals surface area contributed by atoms with E-state index in [1.807, 2.05) is 0 Å². The zero-order valence-corrected chi connectivity index (χ0v) is 5.22. The molecule has 0 aliphatic carbocycles. The van der Waals surface area contributed by atoms with Crippen LogP contribution in [0.5, 0.6) is 0 Å². The highest BCUT2D eigenvalue weighted by Crippen LogP contribution is 2.29. The van der Waals surface area contributed by atoms with Crippen molar-refractivity contribution < 1.29 is 19.0 Å². The van der Waals surface area contributed by atoms with Gasteiger partial charge in [0.25, 0.3) is 5.92 Å². The van der Waals surface area contributed by atoms with Crippen LogP contribution >= 0.6 is 0 Å². The van der Waals surface area contributed by atoms with Crippen LogP contribution in [0.3, 0.4) is 0 Å². The summed E-state index contributed by atoms with van der Waals surface area (Å²) in [6, 6.07) is -0.676. The summed E-state index contributed by atoms with van der Waals surface area (Å²) in [6.45, 7) is -0.368. The Labute approximate surface area is 56.7 Å². The second-order valence-corrected chi connectivity index (χ2v) is 2.41. The third-order valence-corrected chi connectivity index (χ3v) is 1.53. The number of alkyl halides is 2. The molecule has 0 amide bonds. The zero-order valence-electron chi connectivity index (χ0n) is 5.22. The van der Waals surface area contributed by atoms with E-state index < -0.39 is 24.6 Å². The van der Waals surface area contributed by atoms with Crippen LogP contribution in [0, 0.1) is 0 Å². The highest BCUT2D eigenvalue weighted by molar-refractivity contribution is 4.90. The molecule has 2 atom stereocenters. The highest BCUT2D eigenvalue weighted by Gasteiger charge is 2.47. The average molecular weight is 153 g/mol. The van der Waals surface area contributed by atoms with Gasteiger partial charge >= 0.3 is 0 Å². The number of aliphatic hydroxyl groups is 2. The first-order valence-corrected chi connectivity index (χ1v) is 2.99. The van der Waals surface area contributed by atoms with E-state index in [0.29, 0.717) is 0 Å². The van der Waals surface area contributed by atoms with Crippen LogP contribution in [-0.4, -0.2) is 35.0 Å². The first kappa shape index (κ1) is 7.84. The second kappa shape index (κ2) is 2.41. The third kappa shape index (κ3) is 1.25. The SMILES string of the molecule is OC[C@@H]1CC(F)(F)C(O)N1. The fraction of sp³-hybridized carbons (Fsp3) is 1.00. The lowest BCUT2D eigenvalue weighted by molar-refractivity contribution is -0.0925. The molecule has 1 fully saturated rings. The van der Waals surface area contributed by atoms with Crippen molar-refractivity contribution in [1.82, 2.24) is 5.32 Å². The molecule has 0 aromatic heterocycles. The van der Waals surface area contributed by atoms with Gasteiger partial charge in [-0.1, -0.05) is 0 Å². The molecule has 1 aliphatic heterocycles. The van der Waals surface area contributed by atoms with E-state index >= 15 is 0 Å². The molecule has 3 nitrogen and oxygen atoms in total. The number of rotatable bonds is 1. The lowest BCUT2D eigenvalue weighted by Crippen LogP contribution is -2.37. The summed E-state index contributed by atoms with van der Waals surface area (Å²) >= 11 is 0. The Hall–Kier alpha value is -0.260. The van der Waals surface area contributed by atoms with Gasteiger partial charge in [-0.05, 0) is 0 Å². The van der Waals surface area contributed by atoms with E-state index in [1.165, 1.54) is 0 Å². The van der Waals surface area contributed by atoms with Gasteiger partial charge in [0.15, 0.2) is 6.23 Å². The van der Waals surface area contributed by atoms with Crippen molar-refractivity contribution in [3.05, 3.63) is 0 Å². The molecule has 0 spiro atoms. The molecule has 0 aromatic carbocycles. The fourth-order valence-corrected chi connectivity index (χ4v) is 0.962. The van der Waals surface area contributed by atoms with Gasteiger partial charge in [-0.3, -0.25) is 5.32 Å². The zero-order chi connectivity index (χ0) is 7.78. The molecule has 1 unspecified atom stereocenters. The Morgan fingerprint density at radius 1 is 1.60 bits per heavy atom. The van der Waals surface area contributed by atoms with E-state index in [2.05, 4.69) is 5.32 Å². The van der Waals surface area contributed by atoms with E-state index in [0.717, 1.165) is 0 Å². The van der Waals surface area contributed by atoms with Gasteiger partial charge in [0.1, 0.15) is 0 Å². The van der Waals surface area contributed by atoms with Gasteiger partial charge in [-0.25, -0.2) is 8.78 Å². The Balaban J connectivity index is 2.53. The van der Waals surface area contributed by atoms with Crippen LogP contribution in [0.2, 0.25) is 0 Å². The van der Waals surface area contributed by atoms with Gasteiger partial charge in [0, 0.05) is 12.5 Å². The Morgan fingerprint density at radius 2 is 2.20 bits per heavy atom. The summed E-state index contributed by atoms with van der Waals surface area (Å²) in [7, 11) is 0. The van der Waals surface area contributed by atoms with Crippen molar-refractivity contribution >= 4 is 0 Å². The summed E-state index contributed by atoms with van der Waals surface area (Å²) < 4.78 is 24.7. The average Bonchev–Trinajstić information content (AvgIpc) is 2.08. The molecule has 5 heteroatoms. The standard InChI is InChI=1S/C5H9F2NO2/c6-5(7)1-3(2-9)8-4(5)10/h3-4,8-10H,1-2H2/t3-,4?/m0/s1. The maximum absolute atomic E-state index is 12.4. The van der Waals surface area contributed by atoms with Crippen molar-refractivity contribution in [2.24, 2.45) is 0 Å². The molecule has 1 rings (SSSR count). The maximum atomic E-state index is 12.4. The van der Waals surface area contributed by atoms with Crippen molar-refractivity contribution in [3.8, 4) is 0 Å².